The molecule has 3 aromatic rings. The second-order valence-corrected chi connectivity index (χ2v) is 9.02. The number of carbonyl (C=O) groups excluding carboxylic acids is 2. The normalized spacial score (nSPS) is 17.9. The molecule has 0 saturated carbocycles. The molecule has 35 heavy (non-hydrogen) atoms. The van der Waals surface area contributed by atoms with Crippen LogP contribution in [-0.2, 0) is 11.2 Å². The van der Waals surface area contributed by atoms with E-state index < -0.39 is 0 Å². The van der Waals surface area contributed by atoms with Crippen LogP contribution in [0.25, 0.3) is 11.1 Å². The van der Waals surface area contributed by atoms with Crippen molar-refractivity contribution in [1.29, 1.82) is 0 Å². The van der Waals surface area contributed by atoms with Crippen LogP contribution in [-0.4, -0.2) is 78.8 Å². The average Bonchev–Trinajstić information content (AvgIpc) is 3.43. The van der Waals surface area contributed by atoms with Gasteiger partial charge in [-0.2, -0.15) is 5.10 Å². The summed E-state index contributed by atoms with van der Waals surface area (Å²) in [5.41, 5.74) is 3.64. The molecule has 1 atom stereocenters. The Morgan fingerprint density at radius 3 is 2.69 bits per heavy atom. The molecular formula is C26H29N5O4. The Balaban J connectivity index is 1.39. The molecule has 0 radical (unpaired) electrons. The summed E-state index contributed by atoms with van der Waals surface area (Å²) in [6, 6.07) is 11.1. The number of H-pyrrole nitrogens is 1. The van der Waals surface area contributed by atoms with Crippen molar-refractivity contribution in [3.8, 4) is 22.6 Å². The van der Waals surface area contributed by atoms with Crippen molar-refractivity contribution in [1.82, 2.24) is 20.0 Å². The number of piperazine rings is 1. The zero-order valence-electron chi connectivity index (χ0n) is 19.9. The largest absolute Gasteiger partial charge is 0.497 e. The van der Waals surface area contributed by atoms with Crippen LogP contribution in [0.1, 0.15) is 15.9 Å². The quantitative estimate of drug-likeness (QED) is 0.589. The van der Waals surface area contributed by atoms with E-state index in [1.807, 2.05) is 42.3 Å². The molecule has 182 valence electrons. The van der Waals surface area contributed by atoms with Crippen molar-refractivity contribution in [2.24, 2.45) is 5.92 Å². The van der Waals surface area contributed by atoms with Crippen molar-refractivity contribution in [2.45, 2.75) is 6.42 Å². The van der Waals surface area contributed by atoms with Gasteiger partial charge in [-0.3, -0.25) is 14.7 Å². The predicted octanol–water partition coefficient (Wildman–Crippen LogP) is 2.66. The number of nitrogens with one attached hydrogen (secondary N) is 2. The van der Waals surface area contributed by atoms with Gasteiger partial charge in [0.15, 0.2) is 0 Å². The van der Waals surface area contributed by atoms with Gasteiger partial charge in [0.1, 0.15) is 18.1 Å². The van der Waals surface area contributed by atoms with E-state index in [0.29, 0.717) is 30.8 Å². The molecule has 2 aliphatic rings. The van der Waals surface area contributed by atoms with Gasteiger partial charge in [0, 0.05) is 37.9 Å². The maximum Gasteiger partial charge on any atom is 0.256 e. The van der Waals surface area contributed by atoms with Gasteiger partial charge in [-0.1, -0.05) is 6.07 Å². The molecule has 1 aromatic heterocycles. The topological polar surface area (TPSA) is 99.8 Å². The smallest absolute Gasteiger partial charge is 0.256 e. The van der Waals surface area contributed by atoms with Crippen LogP contribution in [0.15, 0.2) is 48.8 Å². The zero-order valence-corrected chi connectivity index (χ0v) is 19.9. The number of rotatable bonds is 5. The minimum Gasteiger partial charge on any atom is -0.497 e. The minimum atomic E-state index is -0.380. The fraction of sp³-hybridized carbons (Fsp3) is 0.346. The van der Waals surface area contributed by atoms with Crippen LogP contribution in [0.2, 0.25) is 0 Å². The third-order valence-corrected chi connectivity index (χ3v) is 6.67. The van der Waals surface area contributed by atoms with Crippen LogP contribution in [0, 0.1) is 5.92 Å². The van der Waals surface area contributed by atoms with E-state index in [2.05, 4.69) is 20.4 Å². The maximum absolute atomic E-state index is 13.5. The van der Waals surface area contributed by atoms with E-state index in [-0.39, 0.29) is 24.3 Å². The Bertz CT molecular complexity index is 1220. The van der Waals surface area contributed by atoms with Crippen molar-refractivity contribution >= 4 is 17.5 Å². The molecule has 2 N–H and O–H groups in total. The SMILES string of the molecule is COc1ccc2c(c1)CC(C(=O)Nc1ccc(-c3cn[nH]c3)cc1C(=O)N1CCN(C)CC1)CO2. The minimum absolute atomic E-state index is 0.0891. The van der Waals surface area contributed by atoms with Gasteiger partial charge in [-0.25, -0.2) is 0 Å². The Hall–Kier alpha value is -3.85. The van der Waals surface area contributed by atoms with Gasteiger partial charge in [-0.05, 0) is 54.9 Å². The van der Waals surface area contributed by atoms with Crippen LogP contribution in [0.5, 0.6) is 11.5 Å². The number of ether oxygens (including phenoxy) is 2. The van der Waals surface area contributed by atoms with E-state index in [0.717, 1.165) is 41.3 Å². The zero-order chi connectivity index (χ0) is 24.4. The molecule has 3 heterocycles. The lowest BCUT2D eigenvalue weighted by Gasteiger charge is -2.33. The summed E-state index contributed by atoms with van der Waals surface area (Å²) in [5, 5.41) is 9.83. The highest BCUT2D eigenvalue weighted by Crippen LogP contribution is 2.32. The Labute approximate surface area is 204 Å². The number of hydrogen-bond donors (Lipinski definition) is 2. The number of benzene rings is 2. The number of fused-ring (bicyclic) bond motifs is 1. The van der Waals surface area contributed by atoms with Crippen molar-refractivity contribution < 1.29 is 19.1 Å². The van der Waals surface area contributed by atoms with E-state index in [9.17, 15) is 9.59 Å². The van der Waals surface area contributed by atoms with Gasteiger partial charge in [-0.15, -0.1) is 0 Å². The van der Waals surface area contributed by atoms with Gasteiger partial charge >= 0.3 is 0 Å². The monoisotopic (exact) mass is 475 g/mol. The second-order valence-electron chi connectivity index (χ2n) is 9.02. The van der Waals surface area contributed by atoms with Crippen molar-refractivity contribution in [3.63, 3.8) is 0 Å². The lowest BCUT2D eigenvalue weighted by atomic mass is 9.95. The van der Waals surface area contributed by atoms with Crippen LogP contribution in [0.3, 0.4) is 0 Å². The Morgan fingerprint density at radius 2 is 1.94 bits per heavy atom. The van der Waals surface area contributed by atoms with E-state index in [1.54, 1.807) is 25.6 Å². The molecule has 9 nitrogen and oxygen atoms in total. The molecule has 2 aromatic carbocycles. The van der Waals surface area contributed by atoms with Crippen LogP contribution in [0.4, 0.5) is 5.69 Å². The first-order valence-electron chi connectivity index (χ1n) is 11.7. The molecule has 0 spiro atoms. The van der Waals surface area contributed by atoms with Gasteiger partial charge in [0.05, 0.1) is 30.5 Å². The number of aromatic nitrogens is 2. The summed E-state index contributed by atoms with van der Waals surface area (Å²) in [4.78, 5) is 30.8. The summed E-state index contributed by atoms with van der Waals surface area (Å²) in [5.74, 6) is 0.846. The third kappa shape index (κ3) is 4.85. The Morgan fingerprint density at radius 1 is 1.11 bits per heavy atom. The van der Waals surface area contributed by atoms with E-state index >= 15 is 0 Å². The molecule has 0 aliphatic carbocycles. The standard InChI is InChI=1S/C26H29N5O4/c1-30-7-9-31(10-8-30)26(33)22-13-17(20-14-27-28-15-20)3-5-23(22)29-25(32)19-11-18-12-21(34-2)4-6-24(18)35-16-19/h3-6,12-15,19H,7-11,16H2,1-2H3,(H,27,28)(H,29,32). The number of anilines is 1. The second kappa shape index (κ2) is 9.79. The van der Waals surface area contributed by atoms with E-state index in [4.69, 9.17) is 9.47 Å². The molecule has 2 aliphatic heterocycles. The molecule has 1 saturated heterocycles. The molecule has 0 bridgehead atoms. The molecule has 2 amide bonds. The van der Waals surface area contributed by atoms with Crippen molar-refractivity contribution in [2.75, 3.05) is 52.3 Å². The number of methoxy groups -OCH3 is 1. The summed E-state index contributed by atoms with van der Waals surface area (Å²) in [6.07, 6.45) is 4.03. The summed E-state index contributed by atoms with van der Waals surface area (Å²) in [6.45, 7) is 3.20. The molecule has 9 heteroatoms. The lowest BCUT2D eigenvalue weighted by Crippen LogP contribution is -2.47. The van der Waals surface area contributed by atoms with E-state index in [1.165, 1.54) is 0 Å². The number of amides is 2. The number of likely N-dealkylation sites (N-methyl/N-ethyl adjacent to an activating group) is 1. The molecule has 5 rings (SSSR count). The maximum atomic E-state index is 13.5. The fourth-order valence-electron chi connectivity index (χ4n) is 4.50. The Kier molecular flexibility index (Phi) is 6.41. The summed E-state index contributed by atoms with van der Waals surface area (Å²) >= 11 is 0. The highest BCUT2D eigenvalue weighted by Gasteiger charge is 2.29. The lowest BCUT2D eigenvalue weighted by molar-refractivity contribution is -0.121. The van der Waals surface area contributed by atoms with Gasteiger partial charge < -0.3 is 24.6 Å². The first-order valence-corrected chi connectivity index (χ1v) is 11.7. The highest BCUT2D eigenvalue weighted by atomic mass is 16.5. The van der Waals surface area contributed by atoms with Crippen molar-refractivity contribution in [3.05, 3.63) is 59.9 Å². The molecule has 1 unspecified atom stereocenters. The molecule has 1 fully saturated rings. The summed E-state index contributed by atoms with van der Waals surface area (Å²) in [7, 11) is 3.66. The average molecular weight is 476 g/mol. The van der Waals surface area contributed by atoms with Crippen LogP contribution >= 0.6 is 0 Å². The third-order valence-electron chi connectivity index (χ3n) is 6.67. The predicted molar refractivity (Wildman–Crippen MR) is 132 cm³/mol. The summed E-state index contributed by atoms with van der Waals surface area (Å²) < 4.78 is 11.2. The first kappa shape index (κ1) is 22.9. The van der Waals surface area contributed by atoms with Crippen LogP contribution < -0.4 is 14.8 Å². The highest BCUT2D eigenvalue weighted by molar-refractivity contribution is 6.05. The number of carbonyl (C=O) groups is 2. The first-order chi connectivity index (χ1) is 17.0. The van der Waals surface area contributed by atoms with Gasteiger partial charge in [0.2, 0.25) is 5.91 Å². The number of hydrogen-bond acceptors (Lipinski definition) is 6. The van der Waals surface area contributed by atoms with Gasteiger partial charge in [0.25, 0.3) is 5.91 Å². The fourth-order valence-corrected chi connectivity index (χ4v) is 4.50. The number of aromatic amines is 1. The number of nitrogens with zero attached hydrogens (tertiary/aromatic N) is 3. The molecular weight excluding hydrogens is 446 g/mol.